The molecular weight excluding hydrogens is 356 g/mol. The standard InChI is InChI=1S/C22H22N2O4/c1-27-19-5-2-4-16(12-19)13-24-21(15-28-18-9-7-17(25)8-10-18)20-6-3-11-23(20)14-22(24)26/h2-12,21,25H,13-15H2,1H3. The van der Waals surface area contributed by atoms with Crippen molar-refractivity contribution >= 4 is 5.91 Å². The van der Waals surface area contributed by atoms with Gasteiger partial charge < -0.3 is 24.0 Å². The molecule has 0 radical (unpaired) electrons. The quantitative estimate of drug-likeness (QED) is 0.714. The monoisotopic (exact) mass is 378 g/mol. The van der Waals surface area contributed by atoms with Gasteiger partial charge in [0.25, 0.3) is 0 Å². The number of phenolic OH excluding ortho intramolecular Hbond substituents is 1. The Morgan fingerprint density at radius 1 is 1.07 bits per heavy atom. The van der Waals surface area contributed by atoms with Gasteiger partial charge in [0.05, 0.1) is 7.11 Å². The molecule has 0 spiro atoms. The molecule has 1 N–H and O–H groups in total. The van der Waals surface area contributed by atoms with E-state index in [4.69, 9.17) is 9.47 Å². The molecule has 2 aromatic carbocycles. The Labute approximate surface area is 163 Å². The van der Waals surface area contributed by atoms with Crippen molar-refractivity contribution in [2.24, 2.45) is 0 Å². The van der Waals surface area contributed by atoms with Gasteiger partial charge in [-0.3, -0.25) is 4.79 Å². The minimum atomic E-state index is -0.212. The maximum absolute atomic E-state index is 12.9. The first kappa shape index (κ1) is 18.0. The van der Waals surface area contributed by atoms with E-state index < -0.39 is 0 Å². The third-order valence-corrected chi connectivity index (χ3v) is 4.94. The second kappa shape index (κ2) is 7.68. The predicted molar refractivity (Wildman–Crippen MR) is 104 cm³/mol. The number of rotatable bonds is 6. The van der Waals surface area contributed by atoms with Gasteiger partial charge in [-0.05, 0) is 54.1 Å². The molecule has 1 aromatic heterocycles. The van der Waals surface area contributed by atoms with Crippen LogP contribution in [0.3, 0.4) is 0 Å². The molecule has 6 nitrogen and oxygen atoms in total. The molecule has 0 saturated carbocycles. The van der Waals surface area contributed by atoms with Crippen LogP contribution in [0.1, 0.15) is 17.3 Å². The Balaban J connectivity index is 1.58. The zero-order valence-corrected chi connectivity index (χ0v) is 15.6. The molecule has 0 saturated heterocycles. The smallest absolute Gasteiger partial charge is 0.243 e. The van der Waals surface area contributed by atoms with Crippen molar-refractivity contribution in [3.63, 3.8) is 0 Å². The Bertz CT molecular complexity index is 965. The largest absolute Gasteiger partial charge is 0.508 e. The number of methoxy groups -OCH3 is 1. The average Bonchev–Trinajstić information content (AvgIpc) is 3.17. The molecule has 0 bridgehead atoms. The SMILES string of the molecule is COc1cccc(CN2C(=O)Cn3cccc3C2COc2ccc(O)cc2)c1. The molecule has 3 aromatic rings. The van der Waals surface area contributed by atoms with Crippen molar-refractivity contribution in [2.45, 2.75) is 19.1 Å². The summed E-state index contributed by atoms with van der Waals surface area (Å²) in [6.07, 6.45) is 1.92. The van der Waals surface area contributed by atoms with Crippen LogP contribution in [0.2, 0.25) is 0 Å². The van der Waals surface area contributed by atoms with Crippen molar-refractivity contribution in [2.75, 3.05) is 13.7 Å². The van der Waals surface area contributed by atoms with Crippen molar-refractivity contribution in [1.29, 1.82) is 0 Å². The second-order valence-electron chi connectivity index (χ2n) is 6.75. The van der Waals surface area contributed by atoms with Gasteiger partial charge in [0.15, 0.2) is 0 Å². The number of phenols is 1. The van der Waals surface area contributed by atoms with Crippen LogP contribution in [-0.4, -0.2) is 34.2 Å². The molecule has 6 heteroatoms. The lowest BCUT2D eigenvalue weighted by Gasteiger charge is -2.36. The van der Waals surface area contributed by atoms with Crippen LogP contribution in [0, 0.1) is 0 Å². The van der Waals surface area contributed by atoms with E-state index >= 15 is 0 Å². The first-order chi connectivity index (χ1) is 13.6. The number of carbonyl (C=O) groups is 1. The number of carbonyl (C=O) groups excluding carboxylic acids is 1. The Kier molecular flexibility index (Phi) is 4.93. The molecule has 144 valence electrons. The molecule has 1 unspecified atom stereocenters. The number of hydrogen-bond acceptors (Lipinski definition) is 4. The van der Waals surface area contributed by atoms with E-state index in [-0.39, 0.29) is 17.7 Å². The Hall–Kier alpha value is -3.41. The maximum Gasteiger partial charge on any atom is 0.243 e. The zero-order chi connectivity index (χ0) is 19.5. The maximum atomic E-state index is 12.9. The molecule has 1 atom stereocenters. The van der Waals surface area contributed by atoms with E-state index in [1.807, 2.05) is 52.1 Å². The summed E-state index contributed by atoms with van der Waals surface area (Å²) in [6.45, 7) is 1.12. The van der Waals surface area contributed by atoms with Crippen LogP contribution in [0.15, 0.2) is 66.9 Å². The fraction of sp³-hybridized carbons (Fsp3) is 0.227. The van der Waals surface area contributed by atoms with Gasteiger partial charge >= 0.3 is 0 Å². The lowest BCUT2D eigenvalue weighted by atomic mass is 10.1. The highest BCUT2D eigenvalue weighted by molar-refractivity contribution is 5.78. The lowest BCUT2D eigenvalue weighted by Crippen LogP contribution is -2.44. The van der Waals surface area contributed by atoms with Crippen molar-refractivity contribution in [1.82, 2.24) is 9.47 Å². The summed E-state index contributed by atoms with van der Waals surface area (Å²) >= 11 is 0. The number of aromatic hydroxyl groups is 1. The van der Waals surface area contributed by atoms with Crippen LogP contribution in [0.4, 0.5) is 0 Å². The summed E-state index contributed by atoms with van der Waals surface area (Å²) in [4.78, 5) is 14.7. The number of nitrogens with zero attached hydrogens (tertiary/aromatic N) is 2. The average molecular weight is 378 g/mol. The van der Waals surface area contributed by atoms with E-state index in [2.05, 4.69) is 0 Å². The van der Waals surface area contributed by atoms with Gasteiger partial charge in [-0.1, -0.05) is 12.1 Å². The van der Waals surface area contributed by atoms with E-state index in [0.29, 0.717) is 25.4 Å². The van der Waals surface area contributed by atoms with Gasteiger partial charge in [-0.15, -0.1) is 0 Å². The summed E-state index contributed by atoms with van der Waals surface area (Å²) < 4.78 is 13.2. The van der Waals surface area contributed by atoms with Gasteiger partial charge in [-0.2, -0.15) is 0 Å². The highest BCUT2D eigenvalue weighted by atomic mass is 16.5. The van der Waals surface area contributed by atoms with Crippen molar-refractivity contribution in [3.05, 3.63) is 78.1 Å². The number of hydrogen-bond donors (Lipinski definition) is 1. The Morgan fingerprint density at radius 3 is 2.68 bits per heavy atom. The first-order valence-corrected chi connectivity index (χ1v) is 9.13. The third-order valence-electron chi connectivity index (χ3n) is 4.94. The van der Waals surface area contributed by atoms with Gasteiger partial charge in [0, 0.05) is 18.4 Å². The molecule has 1 amide bonds. The van der Waals surface area contributed by atoms with Crippen molar-refractivity contribution in [3.8, 4) is 17.2 Å². The number of ether oxygens (including phenoxy) is 2. The summed E-state index contributed by atoms with van der Waals surface area (Å²) in [5.41, 5.74) is 2.05. The zero-order valence-electron chi connectivity index (χ0n) is 15.6. The first-order valence-electron chi connectivity index (χ1n) is 9.13. The van der Waals surface area contributed by atoms with E-state index in [1.54, 1.807) is 31.4 Å². The second-order valence-corrected chi connectivity index (χ2v) is 6.75. The minimum absolute atomic E-state index is 0.0471. The number of fused-ring (bicyclic) bond motifs is 1. The van der Waals surface area contributed by atoms with E-state index in [1.165, 1.54) is 0 Å². The van der Waals surface area contributed by atoms with Crippen LogP contribution in [0.25, 0.3) is 0 Å². The minimum Gasteiger partial charge on any atom is -0.508 e. The van der Waals surface area contributed by atoms with E-state index in [9.17, 15) is 9.90 Å². The fourth-order valence-electron chi connectivity index (χ4n) is 3.50. The van der Waals surface area contributed by atoms with Crippen LogP contribution in [0.5, 0.6) is 17.2 Å². The van der Waals surface area contributed by atoms with Crippen LogP contribution in [-0.2, 0) is 17.9 Å². The Morgan fingerprint density at radius 2 is 1.89 bits per heavy atom. The molecule has 1 aliphatic rings. The summed E-state index contributed by atoms with van der Waals surface area (Å²) in [5, 5.41) is 9.44. The molecule has 2 heterocycles. The molecule has 4 rings (SSSR count). The topological polar surface area (TPSA) is 63.9 Å². The highest BCUT2D eigenvalue weighted by Crippen LogP contribution is 2.30. The number of amides is 1. The van der Waals surface area contributed by atoms with Crippen LogP contribution < -0.4 is 9.47 Å². The summed E-state index contributed by atoms with van der Waals surface area (Å²) in [6, 6.07) is 18.1. The van der Waals surface area contributed by atoms with Gasteiger partial charge in [-0.25, -0.2) is 0 Å². The number of aromatic nitrogens is 1. The predicted octanol–water partition coefficient (Wildman–Crippen LogP) is 3.36. The normalized spacial score (nSPS) is 16.0. The molecular formula is C22H22N2O4. The van der Waals surface area contributed by atoms with Crippen molar-refractivity contribution < 1.29 is 19.4 Å². The molecule has 1 aliphatic heterocycles. The van der Waals surface area contributed by atoms with Crippen LogP contribution >= 0.6 is 0 Å². The van der Waals surface area contributed by atoms with Gasteiger partial charge in [0.2, 0.25) is 5.91 Å². The molecule has 28 heavy (non-hydrogen) atoms. The number of benzene rings is 2. The third kappa shape index (κ3) is 3.67. The molecule has 0 aliphatic carbocycles. The summed E-state index contributed by atoms with van der Waals surface area (Å²) in [7, 11) is 1.63. The van der Waals surface area contributed by atoms with Gasteiger partial charge in [0.1, 0.15) is 36.4 Å². The summed E-state index contributed by atoms with van der Waals surface area (Å²) in [5.74, 6) is 1.65. The lowest BCUT2D eigenvalue weighted by molar-refractivity contribution is -0.138. The van der Waals surface area contributed by atoms with E-state index in [0.717, 1.165) is 17.0 Å². The molecule has 0 fully saturated rings. The fourth-order valence-corrected chi connectivity index (χ4v) is 3.50. The highest BCUT2D eigenvalue weighted by Gasteiger charge is 2.33.